The summed E-state index contributed by atoms with van der Waals surface area (Å²) >= 11 is 5.75. The summed E-state index contributed by atoms with van der Waals surface area (Å²) in [5.41, 5.74) is 0.544. The van der Waals surface area contributed by atoms with Gasteiger partial charge in [0.05, 0.1) is 12.0 Å². The number of benzene rings is 2. The fourth-order valence-corrected chi connectivity index (χ4v) is 2.29. The summed E-state index contributed by atoms with van der Waals surface area (Å²) in [5.74, 6) is -0.916. The van der Waals surface area contributed by atoms with Crippen LogP contribution in [0, 0.1) is 17.0 Å². The predicted molar refractivity (Wildman–Crippen MR) is 101 cm³/mol. The minimum absolute atomic E-state index is 0.000686. The lowest BCUT2D eigenvalue weighted by Crippen LogP contribution is -2.24. The molecule has 0 saturated carbocycles. The number of rotatable bonds is 8. The van der Waals surface area contributed by atoms with E-state index in [-0.39, 0.29) is 18.0 Å². The third-order valence-corrected chi connectivity index (χ3v) is 3.78. The van der Waals surface area contributed by atoms with Gasteiger partial charge in [0.2, 0.25) is 0 Å². The molecule has 0 radical (unpaired) electrons. The summed E-state index contributed by atoms with van der Waals surface area (Å²) in [7, 11) is 1.28. The van der Waals surface area contributed by atoms with E-state index in [0.717, 1.165) is 0 Å². The maximum absolute atomic E-state index is 12.0. The first-order valence-corrected chi connectivity index (χ1v) is 8.35. The fraction of sp³-hybridized carbons (Fsp3) is 0.222. The predicted octanol–water partition coefficient (Wildman–Crippen LogP) is 3.13. The average Bonchev–Trinajstić information content (AvgIpc) is 2.67. The van der Waals surface area contributed by atoms with Crippen molar-refractivity contribution in [2.24, 2.45) is 0 Å². The van der Waals surface area contributed by atoms with E-state index >= 15 is 0 Å². The van der Waals surface area contributed by atoms with Crippen molar-refractivity contribution >= 4 is 34.9 Å². The van der Waals surface area contributed by atoms with Crippen LogP contribution in [-0.2, 0) is 14.3 Å². The normalized spacial score (nSPS) is 10.1. The van der Waals surface area contributed by atoms with Gasteiger partial charge >= 0.3 is 11.7 Å². The largest absolute Gasteiger partial charge is 0.490 e. The average molecular weight is 409 g/mol. The summed E-state index contributed by atoms with van der Waals surface area (Å²) in [6.07, 6.45) is 0. The third kappa shape index (κ3) is 5.85. The van der Waals surface area contributed by atoms with E-state index in [1.165, 1.54) is 19.2 Å². The maximum atomic E-state index is 12.0. The van der Waals surface area contributed by atoms with E-state index in [1.54, 1.807) is 31.2 Å². The molecule has 9 nitrogen and oxygen atoms in total. The molecule has 0 saturated heterocycles. The Hall–Kier alpha value is -3.33. The number of nitrogens with zero attached hydrogens (tertiary/aromatic N) is 1. The molecule has 28 heavy (non-hydrogen) atoms. The first-order valence-electron chi connectivity index (χ1n) is 7.97. The highest BCUT2D eigenvalue weighted by Crippen LogP contribution is 2.32. The third-order valence-electron chi connectivity index (χ3n) is 3.53. The zero-order valence-corrected chi connectivity index (χ0v) is 15.8. The summed E-state index contributed by atoms with van der Waals surface area (Å²) < 4.78 is 15.0. The Morgan fingerprint density at radius 3 is 2.46 bits per heavy atom. The Balaban J connectivity index is 1.87. The van der Waals surface area contributed by atoms with Gasteiger partial charge in [-0.15, -0.1) is 0 Å². The minimum Gasteiger partial charge on any atom is -0.490 e. The molecule has 2 aromatic carbocycles. The highest BCUT2D eigenvalue weighted by molar-refractivity contribution is 6.30. The maximum Gasteiger partial charge on any atom is 0.344 e. The number of esters is 1. The molecule has 1 N–H and O–H groups in total. The van der Waals surface area contributed by atoms with Crippen molar-refractivity contribution in [3.8, 4) is 11.5 Å². The number of ether oxygens (including phenoxy) is 3. The topological polar surface area (TPSA) is 117 Å². The summed E-state index contributed by atoms with van der Waals surface area (Å²) in [5, 5.41) is 14.0. The van der Waals surface area contributed by atoms with Crippen molar-refractivity contribution in [1.29, 1.82) is 0 Å². The van der Waals surface area contributed by atoms with Gasteiger partial charge in [0.1, 0.15) is 5.75 Å². The number of anilines is 1. The summed E-state index contributed by atoms with van der Waals surface area (Å²) in [6.45, 7) is 0.675. The fourth-order valence-electron chi connectivity index (χ4n) is 2.16. The minimum atomic E-state index is -0.733. The van der Waals surface area contributed by atoms with Crippen LogP contribution in [0.4, 0.5) is 11.4 Å². The zero-order valence-electron chi connectivity index (χ0n) is 15.1. The molecule has 2 aromatic rings. The number of methoxy groups -OCH3 is 1. The highest BCUT2D eigenvalue weighted by atomic mass is 35.5. The van der Waals surface area contributed by atoms with Crippen molar-refractivity contribution < 1.29 is 28.7 Å². The number of nitrogens with one attached hydrogen (secondary N) is 1. The number of carbonyl (C=O) groups excluding carboxylic acids is 2. The number of halogens is 1. The molecule has 0 spiro atoms. The summed E-state index contributed by atoms with van der Waals surface area (Å²) in [6, 6.07) is 9.00. The molecule has 0 aromatic heterocycles. The molecule has 0 unspecified atom stereocenters. The van der Waals surface area contributed by atoms with Gasteiger partial charge in [-0.05, 0) is 36.8 Å². The van der Waals surface area contributed by atoms with Gasteiger partial charge in [0, 0.05) is 22.8 Å². The number of hydrogen-bond donors (Lipinski definition) is 1. The van der Waals surface area contributed by atoms with Crippen LogP contribution < -0.4 is 14.8 Å². The van der Waals surface area contributed by atoms with E-state index in [9.17, 15) is 19.7 Å². The van der Waals surface area contributed by atoms with Crippen LogP contribution in [0.5, 0.6) is 11.5 Å². The molecule has 0 heterocycles. The van der Waals surface area contributed by atoms with Crippen molar-refractivity contribution in [3.63, 3.8) is 0 Å². The SMILES string of the molecule is COc1cc(NC(=O)COC(=O)COc2ccc(Cl)cc2)c(C)cc1[N+](=O)[O-]. The second kappa shape index (κ2) is 9.56. The van der Waals surface area contributed by atoms with Crippen LogP contribution in [0.2, 0.25) is 5.02 Å². The molecule has 0 fully saturated rings. The zero-order chi connectivity index (χ0) is 20.7. The first-order chi connectivity index (χ1) is 13.3. The number of nitro benzene ring substituents is 1. The van der Waals surface area contributed by atoms with Crippen LogP contribution in [0.3, 0.4) is 0 Å². The Kier molecular flexibility index (Phi) is 7.16. The van der Waals surface area contributed by atoms with Crippen LogP contribution in [-0.4, -0.2) is 37.1 Å². The van der Waals surface area contributed by atoms with E-state index in [4.69, 9.17) is 25.8 Å². The van der Waals surface area contributed by atoms with E-state index in [1.807, 2.05) is 0 Å². The molecule has 1 amide bonds. The Morgan fingerprint density at radius 1 is 1.18 bits per heavy atom. The Labute approximate surface area is 165 Å². The second-order valence-corrected chi connectivity index (χ2v) is 5.98. The standard InChI is InChI=1S/C18H17ClN2O7/c1-11-7-15(21(24)25)16(26-2)8-14(11)20-17(22)9-28-18(23)10-27-13-5-3-12(19)4-6-13/h3-8H,9-10H2,1-2H3,(H,20,22). The number of aryl methyl sites for hydroxylation is 1. The Bertz CT molecular complexity index is 884. The van der Waals surface area contributed by atoms with E-state index in [0.29, 0.717) is 22.0 Å². The van der Waals surface area contributed by atoms with Gasteiger partial charge < -0.3 is 19.5 Å². The molecule has 10 heteroatoms. The van der Waals surface area contributed by atoms with Crippen LogP contribution >= 0.6 is 11.6 Å². The van der Waals surface area contributed by atoms with Gasteiger partial charge in [-0.1, -0.05) is 11.6 Å². The van der Waals surface area contributed by atoms with Crippen molar-refractivity contribution in [1.82, 2.24) is 0 Å². The highest BCUT2D eigenvalue weighted by Gasteiger charge is 2.18. The molecule has 0 bridgehead atoms. The lowest BCUT2D eigenvalue weighted by molar-refractivity contribution is -0.385. The van der Waals surface area contributed by atoms with Gasteiger partial charge in [-0.3, -0.25) is 14.9 Å². The molecule has 0 atom stereocenters. The van der Waals surface area contributed by atoms with Crippen LogP contribution in [0.15, 0.2) is 36.4 Å². The lowest BCUT2D eigenvalue weighted by atomic mass is 10.1. The molecule has 0 aliphatic heterocycles. The second-order valence-electron chi connectivity index (χ2n) is 5.55. The van der Waals surface area contributed by atoms with E-state index < -0.39 is 23.4 Å². The number of hydrogen-bond acceptors (Lipinski definition) is 7. The van der Waals surface area contributed by atoms with Crippen molar-refractivity contribution in [2.75, 3.05) is 25.6 Å². The molecule has 148 valence electrons. The first kappa shape index (κ1) is 21.0. The monoisotopic (exact) mass is 408 g/mol. The van der Waals surface area contributed by atoms with Gasteiger partial charge in [0.15, 0.2) is 19.0 Å². The van der Waals surface area contributed by atoms with E-state index in [2.05, 4.69) is 5.32 Å². The van der Waals surface area contributed by atoms with Gasteiger partial charge in [0.25, 0.3) is 5.91 Å². The van der Waals surface area contributed by atoms with Crippen LogP contribution in [0.1, 0.15) is 5.56 Å². The van der Waals surface area contributed by atoms with Crippen LogP contribution in [0.25, 0.3) is 0 Å². The smallest absolute Gasteiger partial charge is 0.344 e. The lowest BCUT2D eigenvalue weighted by Gasteiger charge is -2.11. The molecule has 0 aliphatic rings. The van der Waals surface area contributed by atoms with Crippen molar-refractivity contribution in [2.45, 2.75) is 6.92 Å². The van der Waals surface area contributed by atoms with Gasteiger partial charge in [-0.2, -0.15) is 0 Å². The van der Waals surface area contributed by atoms with Crippen molar-refractivity contribution in [3.05, 3.63) is 57.1 Å². The number of amides is 1. The number of nitro groups is 1. The molecular weight excluding hydrogens is 392 g/mol. The molecule has 2 rings (SSSR count). The summed E-state index contributed by atoms with van der Waals surface area (Å²) in [4.78, 5) is 34.1. The molecular formula is C18H17ClN2O7. The van der Waals surface area contributed by atoms with Gasteiger partial charge in [-0.25, -0.2) is 4.79 Å². The molecule has 0 aliphatic carbocycles. The number of carbonyl (C=O) groups is 2. The quantitative estimate of drug-likeness (QED) is 0.405. The Morgan fingerprint density at radius 2 is 1.86 bits per heavy atom.